The molecule has 210 valence electrons. The SMILES string of the molecule is c1cnc(-c2nc(-n3c4ccccc4c4cc(-n5c6ccccc6c6ccccc65)ccc43)c3sc4ccccc4c3n2)nc1. The number of aromatic nitrogens is 6. The standard InChI is InChI=1S/C38H22N6S/c1-5-14-29-24(10-1)25-11-2-6-15-30(25)43(29)23-18-19-32-28(22-23)26-12-3-7-16-31(26)44(32)38-35-34(27-13-4-8-17-33(27)45-35)41-37(42-38)36-39-20-9-21-40-36/h1-22H. The first-order valence-corrected chi connectivity index (χ1v) is 15.6. The maximum atomic E-state index is 5.20. The van der Waals surface area contributed by atoms with Gasteiger partial charge in [0.25, 0.3) is 0 Å². The van der Waals surface area contributed by atoms with Crippen molar-refractivity contribution in [3.8, 4) is 23.2 Å². The number of hydrogen-bond donors (Lipinski definition) is 0. The summed E-state index contributed by atoms with van der Waals surface area (Å²) in [5, 5.41) is 5.93. The lowest BCUT2D eigenvalue weighted by Crippen LogP contribution is -2.03. The summed E-state index contributed by atoms with van der Waals surface area (Å²) in [4.78, 5) is 19.2. The van der Waals surface area contributed by atoms with E-state index in [1.165, 1.54) is 31.9 Å². The van der Waals surface area contributed by atoms with Crippen LogP contribution in [0.5, 0.6) is 0 Å². The van der Waals surface area contributed by atoms with Crippen LogP contribution in [0.2, 0.25) is 0 Å². The molecule has 45 heavy (non-hydrogen) atoms. The fourth-order valence-electron chi connectivity index (χ4n) is 6.77. The van der Waals surface area contributed by atoms with E-state index in [0.29, 0.717) is 11.6 Å². The van der Waals surface area contributed by atoms with E-state index in [0.717, 1.165) is 43.5 Å². The summed E-state index contributed by atoms with van der Waals surface area (Å²) >= 11 is 1.72. The third-order valence-electron chi connectivity index (χ3n) is 8.67. The van der Waals surface area contributed by atoms with Crippen LogP contribution in [0, 0.1) is 0 Å². The minimum atomic E-state index is 0.505. The van der Waals surface area contributed by atoms with E-state index in [4.69, 9.17) is 9.97 Å². The Labute approximate surface area is 260 Å². The smallest absolute Gasteiger partial charge is 0.200 e. The zero-order chi connectivity index (χ0) is 29.5. The largest absolute Gasteiger partial charge is 0.309 e. The van der Waals surface area contributed by atoms with Gasteiger partial charge in [0.05, 0.1) is 32.3 Å². The van der Waals surface area contributed by atoms with Gasteiger partial charge < -0.3 is 4.57 Å². The minimum absolute atomic E-state index is 0.505. The molecule has 0 unspecified atom stereocenters. The Morgan fingerprint density at radius 3 is 1.76 bits per heavy atom. The van der Waals surface area contributed by atoms with Gasteiger partial charge in [-0.05, 0) is 48.5 Å². The molecule has 5 heterocycles. The van der Waals surface area contributed by atoms with Gasteiger partial charge in [0.15, 0.2) is 17.5 Å². The highest BCUT2D eigenvalue weighted by molar-refractivity contribution is 7.26. The summed E-state index contributed by atoms with van der Waals surface area (Å²) in [5.41, 5.74) is 6.59. The number of nitrogens with zero attached hydrogens (tertiary/aromatic N) is 6. The molecule has 0 aliphatic heterocycles. The number of hydrogen-bond acceptors (Lipinski definition) is 5. The van der Waals surface area contributed by atoms with Crippen molar-refractivity contribution < 1.29 is 0 Å². The molecule has 6 nitrogen and oxygen atoms in total. The van der Waals surface area contributed by atoms with Gasteiger partial charge >= 0.3 is 0 Å². The first-order chi connectivity index (χ1) is 22.3. The van der Waals surface area contributed by atoms with E-state index < -0.39 is 0 Å². The lowest BCUT2D eigenvalue weighted by molar-refractivity contribution is 1.04. The topological polar surface area (TPSA) is 61.4 Å². The lowest BCUT2D eigenvalue weighted by atomic mass is 10.1. The molecule has 0 aliphatic rings. The monoisotopic (exact) mass is 594 g/mol. The van der Waals surface area contributed by atoms with Crippen LogP contribution in [0.1, 0.15) is 0 Å². The number of rotatable bonds is 3. The molecule has 5 aromatic carbocycles. The molecular formula is C38H22N6S. The van der Waals surface area contributed by atoms with Crippen molar-refractivity contribution in [1.82, 2.24) is 29.1 Å². The van der Waals surface area contributed by atoms with Crippen molar-refractivity contribution in [3.05, 3.63) is 134 Å². The molecule has 0 saturated heterocycles. The van der Waals surface area contributed by atoms with Crippen molar-refractivity contribution in [2.75, 3.05) is 0 Å². The van der Waals surface area contributed by atoms with Gasteiger partial charge in [-0.25, -0.2) is 19.9 Å². The summed E-state index contributed by atoms with van der Waals surface area (Å²) < 4.78 is 6.86. The van der Waals surface area contributed by atoms with Crippen LogP contribution in [0.25, 0.3) is 87.1 Å². The molecule has 0 bridgehead atoms. The van der Waals surface area contributed by atoms with Gasteiger partial charge in [-0.3, -0.25) is 4.57 Å². The predicted octanol–water partition coefficient (Wildman–Crippen LogP) is 9.50. The molecule has 0 N–H and O–H groups in total. The van der Waals surface area contributed by atoms with Crippen LogP contribution in [-0.2, 0) is 0 Å². The van der Waals surface area contributed by atoms with Crippen molar-refractivity contribution in [3.63, 3.8) is 0 Å². The first-order valence-electron chi connectivity index (χ1n) is 14.8. The van der Waals surface area contributed by atoms with Gasteiger partial charge in [-0.2, -0.15) is 0 Å². The van der Waals surface area contributed by atoms with Crippen LogP contribution < -0.4 is 0 Å². The summed E-state index contributed by atoms with van der Waals surface area (Å²) in [5.74, 6) is 1.85. The quantitative estimate of drug-likeness (QED) is 0.204. The van der Waals surface area contributed by atoms with E-state index in [9.17, 15) is 0 Å². The molecule has 0 aliphatic carbocycles. The molecule has 5 aromatic heterocycles. The highest BCUT2D eigenvalue weighted by Crippen LogP contribution is 2.41. The van der Waals surface area contributed by atoms with Gasteiger partial charge in [-0.1, -0.05) is 72.8 Å². The Morgan fingerprint density at radius 1 is 0.467 bits per heavy atom. The molecule has 0 amide bonds. The van der Waals surface area contributed by atoms with Gasteiger partial charge in [0.1, 0.15) is 0 Å². The second kappa shape index (κ2) is 9.29. The second-order valence-corrected chi connectivity index (χ2v) is 12.2. The number of thiophene rings is 1. The van der Waals surface area contributed by atoms with E-state index >= 15 is 0 Å². The fourth-order valence-corrected chi connectivity index (χ4v) is 7.89. The summed E-state index contributed by atoms with van der Waals surface area (Å²) in [6.45, 7) is 0. The van der Waals surface area contributed by atoms with E-state index in [1.807, 2.05) is 6.07 Å². The fraction of sp³-hybridized carbons (Fsp3) is 0. The number of benzene rings is 5. The first kappa shape index (κ1) is 24.5. The third kappa shape index (κ3) is 3.50. The average Bonchev–Trinajstić information content (AvgIpc) is 3.76. The summed E-state index contributed by atoms with van der Waals surface area (Å²) in [7, 11) is 0. The van der Waals surface area contributed by atoms with Gasteiger partial charge in [0, 0.05) is 49.7 Å². The second-order valence-electron chi connectivity index (χ2n) is 11.1. The summed E-state index contributed by atoms with van der Waals surface area (Å²) in [6.07, 6.45) is 3.47. The Balaban J connectivity index is 1.31. The predicted molar refractivity (Wildman–Crippen MR) is 185 cm³/mol. The Kier molecular flexibility index (Phi) is 5.06. The molecule has 0 saturated carbocycles. The van der Waals surface area contributed by atoms with Crippen LogP contribution in [-0.4, -0.2) is 29.1 Å². The van der Waals surface area contributed by atoms with Crippen LogP contribution in [0.3, 0.4) is 0 Å². The van der Waals surface area contributed by atoms with Crippen LogP contribution >= 0.6 is 11.3 Å². The molecular weight excluding hydrogens is 573 g/mol. The van der Waals surface area contributed by atoms with Crippen molar-refractivity contribution in [1.29, 1.82) is 0 Å². The van der Waals surface area contributed by atoms with Gasteiger partial charge in [-0.15, -0.1) is 11.3 Å². The van der Waals surface area contributed by atoms with E-state index in [-0.39, 0.29) is 0 Å². The van der Waals surface area contributed by atoms with Crippen LogP contribution in [0.4, 0.5) is 0 Å². The lowest BCUT2D eigenvalue weighted by Gasteiger charge is -2.11. The highest BCUT2D eigenvalue weighted by atomic mass is 32.1. The maximum Gasteiger partial charge on any atom is 0.200 e. The zero-order valence-electron chi connectivity index (χ0n) is 23.8. The maximum absolute atomic E-state index is 5.20. The van der Waals surface area contributed by atoms with E-state index in [2.05, 4.69) is 134 Å². The average molecular weight is 595 g/mol. The highest BCUT2D eigenvalue weighted by Gasteiger charge is 2.22. The summed E-state index contributed by atoms with van der Waals surface area (Å²) in [6, 6.07) is 42.8. The molecule has 0 atom stereocenters. The third-order valence-corrected chi connectivity index (χ3v) is 9.83. The molecule has 7 heteroatoms. The van der Waals surface area contributed by atoms with E-state index in [1.54, 1.807) is 23.7 Å². The Morgan fingerprint density at radius 2 is 1.04 bits per heavy atom. The molecule has 0 fully saturated rings. The number of para-hydroxylation sites is 3. The zero-order valence-corrected chi connectivity index (χ0v) is 24.6. The van der Waals surface area contributed by atoms with Gasteiger partial charge in [0.2, 0.25) is 0 Å². The molecule has 0 radical (unpaired) electrons. The molecule has 0 spiro atoms. The Hall–Kier alpha value is -5.92. The number of fused-ring (bicyclic) bond motifs is 9. The van der Waals surface area contributed by atoms with Crippen molar-refractivity contribution >= 4 is 75.3 Å². The Bertz CT molecular complexity index is 2720. The molecule has 10 rings (SSSR count). The normalized spacial score (nSPS) is 12.0. The minimum Gasteiger partial charge on any atom is -0.309 e. The molecule has 10 aromatic rings. The van der Waals surface area contributed by atoms with Crippen LogP contribution in [0.15, 0.2) is 134 Å². The van der Waals surface area contributed by atoms with Crippen molar-refractivity contribution in [2.24, 2.45) is 0 Å². The van der Waals surface area contributed by atoms with Crippen molar-refractivity contribution in [2.45, 2.75) is 0 Å².